The van der Waals surface area contributed by atoms with E-state index in [4.69, 9.17) is 0 Å². The third-order valence-electron chi connectivity index (χ3n) is 2.81. The fourth-order valence-electron chi connectivity index (χ4n) is 1.94. The fourth-order valence-corrected chi connectivity index (χ4v) is 1.94. The molecule has 0 bridgehead atoms. The van der Waals surface area contributed by atoms with Gasteiger partial charge in [-0.2, -0.15) is 0 Å². The largest absolute Gasteiger partial charge is 0.544 e. The first-order chi connectivity index (χ1) is 6.68. The smallest absolute Gasteiger partial charge is 0.150 e. The van der Waals surface area contributed by atoms with Gasteiger partial charge >= 0.3 is 0 Å². The first kappa shape index (κ1) is 9.21. The molecule has 1 aliphatic rings. The molecule has 2 rings (SSSR count). The first-order valence-corrected chi connectivity index (χ1v) is 4.84. The van der Waals surface area contributed by atoms with E-state index in [1.807, 2.05) is 18.2 Å². The second-order valence-electron chi connectivity index (χ2n) is 3.75. The highest BCUT2D eigenvalue weighted by Gasteiger charge is 2.15. The lowest BCUT2D eigenvalue weighted by molar-refractivity contribution is -0.443. The highest BCUT2D eigenvalue weighted by Crippen LogP contribution is 2.24. The summed E-state index contributed by atoms with van der Waals surface area (Å²) in [7, 11) is 0. The predicted molar refractivity (Wildman–Crippen MR) is 49.1 cm³/mol. The Hall–Kier alpha value is -1.35. The zero-order valence-electron chi connectivity index (χ0n) is 7.95. The van der Waals surface area contributed by atoms with Crippen LogP contribution in [0.1, 0.15) is 29.2 Å². The van der Waals surface area contributed by atoms with Crippen LogP contribution in [0.25, 0.3) is 0 Å². The number of carbonyl (C=O) groups is 1. The second kappa shape index (κ2) is 3.42. The van der Waals surface area contributed by atoms with Crippen LogP contribution in [0, 0.1) is 0 Å². The highest BCUT2D eigenvalue weighted by molar-refractivity contribution is 5.71. The SMILES string of the molecule is [NH3+][C@H](C(=O)[O-])c1ccc2c(c1)CCC2. The average molecular weight is 191 g/mol. The van der Waals surface area contributed by atoms with Crippen molar-refractivity contribution in [3.05, 3.63) is 34.9 Å². The lowest BCUT2D eigenvalue weighted by atomic mass is 10.0. The van der Waals surface area contributed by atoms with Crippen LogP contribution < -0.4 is 10.8 Å². The molecule has 1 aromatic carbocycles. The Bertz CT molecular complexity index is 374. The van der Waals surface area contributed by atoms with E-state index < -0.39 is 12.0 Å². The number of quaternary nitrogens is 1. The quantitative estimate of drug-likeness (QED) is 0.665. The summed E-state index contributed by atoms with van der Waals surface area (Å²) < 4.78 is 0. The number of carbonyl (C=O) groups excluding carboxylic acids is 1. The van der Waals surface area contributed by atoms with E-state index in [0.29, 0.717) is 0 Å². The molecular weight excluding hydrogens is 178 g/mol. The van der Waals surface area contributed by atoms with Gasteiger partial charge < -0.3 is 15.6 Å². The zero-order valence-corrected chi connectivity index (χ0v) is 7.95. The molecule has 3 nitrogen and oxygen atoms in total. The van der Waals surface area contributed by atoms with Crippen molar-refractivity contribution in [1.82, 2.24) is 0 Å². The Balaban J connectivity index is 2.33. The van der Waals surface area contributed by atoms with E-state index in [2.05, 4.69) is 5.73 Å². The molecule has 1 aromatic rings. The summed E-state index contributed by atoms with van der Waals surface area (Å²) in [6.07, 6.45) is 3.34. The summed E-state index contributed by atoms with van der Waals surface area (Å²) in [5.41, 5.74) is 6.95. The van der Waals surface area contributed by atoms with Crippen molar-refractivity contribution in [2.75, 3.05) is 0 Å². The van der Waals surface area contributed by atoms with E-state index in [9.17, 15) is 9.90 Å². The Morgan fingerprint density at radius 1 is 1.36 bits per heavy atom. The maximum Gasteiger partial charge on any atom is 0.150 e. The maximum atomic E-state index is 10.6. The molecule has 1 atom stereocenters. The summed E-state index contributed by atoms with van der Waals surface area (Å²) in [6.45, 7) is 0. The number of hydrogen-bond acceptors (Lipinski definition) is 2. The number of fused-ring (bicyclic) bond motifs is 1. The molecule has 0 aromatic heterocycles. The Labute approximate surface area is 82.5 Å². The minimum atomic E-state index is -1.11. The number of carboxylic acids is 1. The molecule has 3 heteroatoms. The molecule has 74 valence electrons. The molecule has 1 aliphatic carbocycles. The number of aliphatic carboxylic acids is 1. The molecular formula is C11H13NO2. The van der Waals surface area contributed by atoms with Gasteiger partial charge in [0.25, 0.3) is 0 Å². The Kier molecular flexibility index (Phi) is 2.25. The van der Waals surface area contributed by atoms with Gasteiger partial charge in [0.15, 0.2) is 6.04 Å². The molecule has 0 saturated carbocycles. The average Bonchev–Trinajstić information content (AvgIpc) is 2.62. The maximum absolute atomic E-state index is 10.6. The molecule has 0 fully saturated rings. The van der Waals surface area contributed by atoms with Crippen LogP contribution in [-0.2, 0) is 17.6 Å². The topological polar surface area (TPSA) is 67.8 Å². The molecule has 14 heavy (non-hydrogen) atoms. The number of carboxylic acid groups (broad SMARTS) is 1. The zero-order chi connectivity index (χ0) is 10.1. The minimum absolute atomic E-state index is 0.749. The lowest BCUT2D eigenvalue weighted by Crippen LogP contribution is -2.61. The summed E-state index contributed by atoms with van der Waals surface area (Å²) in [5, 5.41) is 10.6. The Morgan fingerprint density at radius 3 is 2.79 bits per heavy atom. The second-order valence-corrected chi connectivity index (χ2v) is 3.75. The summed E-state index contributed by atoms with van der Waals surface area (Å²) in [5.74, 6) is -1.11. The summed E-state index contributed by atoms with van der Waals surface area (Å²) in [4.78, 5) is 10.6. The third-order valence-corrected chi connectivity index (χ3v) is 2.81. The molecule has 0 radical (unpaired) electrons. The highest BCUT2D eigenvalue weighted by atomic mass is 16.4. The van der Waals surface area contributed by atoms with Gasteiger partial charge in [-0.25, -0.2) is 0 Å². The van der Waals surface area contributed by atoms with Crippen LogP contribution in [0.15, 0.2) is 18.2 Å². The van der Waals surface area contributed by atoms with Crippen LogP contribution in [0.3, 0.4) is 0 Å². The first-order valence-electron chi connectivity index (χ1n) is 4.84. The van der Waals surface area contributed by atoms with Gasteiger partial charge in [-0.1, -0.05) is 12.1 Å². The van der Waals surface area contributed by atoms with E-state index in [1.54, 1.807) is 0 Å². The van der Waals surface area contributed by atoms with Crippen molar-refractivity contribution in [3.63, 3.8) is 0 Å². The molecule has 0 heterocycles. The molecule has 0 amide bonds. The lowest BCUT2D eigenvalue weighted by Gasteiger charge is -2.10. The van der Waals surface area contributed by atoms with Crippen LogP contribution in [0.4, 0.5) is 0 Å². The number of benzene rings is 1. The fraction of sp³-hybridized carbons (Fsp3) is 0.364. The minimum Gasteiger partial charge on any atom is -0.544 e. The van der Waals surface area contributed by atoms with Crippen LogP contribution in [0.5, 0.6) is 0 Å². The summed E-state index contributed by atoms with van der Waals surface area (Å²) >= 11 is 0. The van der Waals surface area contributed by atoms with Gasteiger partial charge in [0, 0.05) is 5.56 Å². The van der Waals surface area contributed by atoms with E-state index >= 15 is 0 Å². The van der Waals surface area contributed by atoms with Crippen molar-refractivity contribution >= 4 is 5.97 Å². The third kappa shape index (κ3) is 1.51. The van der Waals surface area contributed by atoms with Crippen LogP contribution in [-0.4, -0.2) is 5.97 Å². The molecule has 0 saturated heterocycles. The predicted octanol–water partition coefficient (Wildman–Crippen LogP) is -0.792. The normalized spacial score (nSPS) is 16.4. The van der Waals surface area contributed by atoms with Crippen molar-refractivity contribution in [3.8, 4) is 0 Å². The Morgan fingerprint density at radius 2 is 2.07 bits per heavy atom. The van der Waals surface area contributed by atoms with Crippen molar-refractivity contribution in [2.24, 2.45) is 0 Å². The van der Waals surface area contributed by atoms with Crippen molar-refractivity contribution in [1.29, 1.82) is 0 Å². The molecule has 0 unspecified atom stereocenters. The van der Waals surface area contributed by atoms with Crippen LogP contribution in [0.2, 0.25) is 0 Å². The number of hydrogen-bond donors (Lipinski definition) is 1. The van der Waals surface area contributed by atoms with Gasteiger partial charge in [0.1, 0.15) is 5.97 Å². The monoisotopic (exact) mass is 191 g/mol. The van der Waals surface area contributed by atoms with Gasteiger partial charge in [0.05, 0.1) is 0 Å². The van der Waals surface area contributed by atoms with E-state index in [-0.39, 0.29) is 0 Å². The van der Waals surface area contributed by atoms with Gasteiger partial charge in [-0.15, -0.1) is 0 Å². The molecule has 0 spiro atoms. The van der Waals surface area contributed by atoms with Gasteiger partial charge in [-0.3, -0.25) is 0 Å². The van der Waals surface area contributed by atoms with E-state index in [1.165, 1.54) is 17.5 Å². The van der Waals surface area contributed by atoms with E-state index in [0.717, 1.165) is 18.4 Å². The summed E-state index contributed by atoms with van der Waals surface area (Å²) in [6, 6.07) is 5.06. The van der Waals surface area contributed by atoms with Crippen molar-refractivity contribution < 1.29 is 15.6 Å². The van der Waals surface area contributed by atoms with Crippen molar-refractivity contribution in [2.45, 2.75) is 25.3 Å². The number of rotatable bonds is 2. The van der Waals surface area contributed by atoms with Gasteiger partial charge in [-0.05, 0) is 36.5 Å². The number of aryl methyl sites for hydroxylation is 2. The molecule has 3 N–H and O–H groups in total. The molecule has 0 aliphatic heterocycles. The van der Waals surface area contributed by atoms with Gasteiger partial charge in [0.2, 0.25) is 0 Å². The van der Waals surface area contributed by atoms with Crippen LogP contribution >= 0.6 is 0 Å². The standard InChI is InChI=1S/C11H13NO2/c12-10(11(13)14)9-5-4-7-2-1-3-8(7)6-9/h4-6,10H,1-3,12H2,(H,13,14)/t10-/m0/s1.